The molecule has 0 spiro atoms. The maximum absolute atomic E-state index is 13.1. The second-order valence-corrected chi connectivity index (χ2v) is 6.65. The van der Waals surface area contributed by atoms with E-state index in [1.165, 1.54) is 18.2 Å². The van der Waals surface area contributed by atoms with E-state index < -0.39 is 30.8 Å². The minimum absolute atomic E-state index is 0.0982. The third kappa shape index (κ3) is 7.37. The van der Waals surface area contributed by atoms with Crippen LogP contribution in [0.3, 0.4) is 0 Å². The van der Waals surface area contributed by atoms with E-state index in [4.69, 9.17) is 4.74 Å². The highest BCUT2D eigenvalue weighted by Crippen LogP contribution is 2.08. The van der Waals surface area contributed by atoms with Gasteiger partial charge in [0.25, 0.3) is 11.8 Å². The Morgan fingerprint density at radius 3 is 2.48 bits per heavy atom. The van der Waals surface area contributed by atoms with Gasteiger partial charge >= 0.3 is 5.97 Å². The van der Waals surface area contributed by atoms with E-state index in [0.717, 1.165) is 23.6 Å². The number of hydrogen-bond acceptors (Lipinski definition) is 4. The van der Waals surface area contributed by atoms with Crippen molar-refractivity contribution in [1.82, 2.24) is 10.2 Å². The van der Waals surface area contributed by atoms with Crippen LogP contribution in [0.2, 0.25) is 0 Å². The molecule has 0 saturated carbocycles. The number of benzene rings is 2. The van der Waals surface area contributed by atoms with Gasteiger partial charge in [-0.05, 0) is 37.1 Å². The molecule has 2 amide bonds. The molecule has 7 heteroatoms. The lowest BCUT2D eigenvalue weighted by atomic mass is 10.1. The second kappa shape index (κ2) is 10.9. The van der Waals surface area contributed by atoms with Crippen LogP contribution in [-0.4, -0.2) is 42.4 Å². The van der Waals surface area contributed by atoms with E-state index in [1.807, 2.05) is 38.1 Å². The lowest BCUT2D eigenvalue weighted by molar-refractivity contribution is -0.151. The molecule has 6 nitrogen and oxygen atoms in total. The van der Waals surface area contributed by atoms with Gasteiger partial charge in [0.2, 0.25) is 0 Å². The van der Waals surface area contributed by atoms with E-state index in [2.05, 4.69) is 5.32 Å². The number of rotatable bonds is 9. The molecule has 0 aliphatic carbocycles. The van der Waals surface area contributed by atoms with Crippen LogP contribution in [-0.2, 0) is 20.9 Å². The van der Waals surface area contributed by atoms with Crippen molar-refractivity contribution in [3.63, 3.8) is 0 Å². The standard InChI is InChI=1S/C22H25FN2O4/c1-3-11-25(14-17-9-7-16(2)8-10-17)20(26)15-29-21(27)13-24-22(28)18-5-4-6-19(23)12-18/h4-10,12H,3,11,13-15H2,1-2H3,(H,24,28). The van der Waals surface area contributed by atoms with Crippen LogP contribution in [0.5, 0.6) is 0 Å². The monoisotopic (exact) mass is 400 g/mol. The number of carbonyl (C=O) groups excluding carboxylic acids is 3. The smallest absolute Gasteiger partial charge is 0.325 e. The molecule has 0 saturated heterocycles. The van der Waals surface area contributed by atoms with Crippen molar-refractivity contribution in [3.8, 4) is 0 Å². The third-order valence-electron chi connectivity index (χ3n) is 4.18. The van der Waals surface area contributed by atoms with Gasteiger partial charge in [0.1, 0.15) is 12.4 Å². The van der Waals surface area contributed by atoms with Crippen LogP contribution in [0.1, 0.15) is 34.8 Å². The maximum atomic E-state index is 13.1. The molecule has 0 heterocycles. The van der Waals surface area contributed by atoms with E-state index in [-0.39, 0.29) is 11.5 Å². The predicted octanol–water partition coefficient (Wildman–Crippen LogP) is 2.85. The SMILES string of the molecule is CCCN(Cc1ccc(C)cc1)C(=O)COC(=O)CNC(=O)c1cccc(F)c1. The average molecular weight is 400 g/mol. The minimum atomic E-state index is -0.741. The van der Waals surface area contributed by atoms with Crippen molar-refractivity contribution in [3.05, 3.63) is 71.0 Å². The fourth-order valence-electron chi connectivity index (χ4n) is 2.64. The summed E-state index contributed by atoms with van der Waals surface area (Å²) in [5.74, 6) is -2.19. The lowest BCUT2D eigenvalue weighted by Gasteiger charge is -2.22. The summed E-state index contributed by atoms with van der Waals surface area (Å²) in [7, 11) is 0. The van der Waals surface area contributed by atoms with E-state index in [0.29, 0.717) is 13.1 Å². The normalized spacial score (nSPS) is 10.3. The first-order chi connectivity index (χ1) is 13.9. The summed E-state index contributed by atoms with van der Waals surface area (Å²) in [5, 5.41) is 2.34. The predicted molar refractivity (Wildman–Crippen MR) is 107 cm³/mol. The number of nitrogens with zero attached hydrogens (tertiary/aromatic N) is 1. The summed E-state index contributed by atoms with van der Waals surface area (Å²) in [6.45, 7) is 4.12. The van der Waals surface area contributed by atoms with Gasteiger partial charge in [-0.15, -0.1) is 0 Å². The molecule has 154 valence electrons. The highest BCUT2D eigenvalue weighted by Gasteiger charge is 2.16. The average Bonchev–Trinajstić information content (AvgIpc) is 2.71. The Morgan fingerprint density at radius 1 is 1.10 bits per heavy atom. The van der Waals surface area contributed by atoms with Gasteiger partial charge in [0.05, 0.1) is 0 Å². The molecule has 1 N–H and O–H groups in total. The van der Waals surface area contributed by atoms with Crippen molar-refractivity contribution in [1.29, 1.82) is 0 Å². The van der Waals surface area contributed by atoms with Crippen LogP contribution in [0, 0.1) is 12.7 Å². The van der Waals surface area contributed by atoms with Crippen molar-refractivity contribution in [2.45, 2.75) is 26.8 Å². The van der Waals surface area contributed by atoms with Gasteiger partial charge in [-0.25, -0.2) is 4.39 Å². The van der Waals surface area contributed by atoms with Crippen molar-refractivity contribution >= 4 is 17.8 Å². The molecular formula is C22H25FN2O4. The first-order valence-corrected chi connectivity index (χ1v) is 9.41. The summed E-state index contributed by atoms with van der Waals surface area (Å²) >= 11 is 0. The molecule has 0 radical (unpaired) electrons. The number of aryl methyl sites for hydroxylation is 1. The topological polar surface area (TPSA) is 75.7 Å². The molecular weight excluding hydrogens is 375 g/mol. The molecule has 0 unspecified atom stereocenters. The highest BCUT2D eigenvalue weighted by molar-refractivity contribution is 5.96. The van der Waals surface area contributed by atoms with Gasteiger partial charge in [0, 0.05) is 18.7 Å². The molecule has 2 aromatic rings. The Labute approximate surface area is 169 Å². The first-order valence-electron chi connectivity index (χ1n) is 9.41. The number of carbonyl (C=O) groups is 3. The van der Waals surface area contributed by atoms with Gasteiger partial charge in [-0.3, -0.25) is 14.4 Å². The zero-order valence-corrected chi connectivity index (χ0v) is 16.6. The molecule has 0 aliphatic heterocycles. The minimum Gasteiger partial charge on any atom is -0.454 e. The van der Waals surface area contributed by atoms with Gasteiger partial charge in [-0.2, -0.15) is 0 Å². The molecule has 29 heavy (non-hydrogen) atoms. The number of esters is 1. The van der Waals surface area contributed by atoms with Crippen LogP contribution < -0.4 is 5.32 Å². The fraction of sp³-hybridized carbons (Fsp3) is 0.318. The summed E-state index contributed by atoms with van der Waals surface area (Å²) in [6.07, 6.45) is 0.773. The molecule has 0 fully saturated rings. The lowest BCUT2D eigenvalue weighted by Crippen LogP contribution is -2.36. The molecule has 0 bridgehead atoms. The number of hydrogen-bond donors (Lipinski definition) is 1. The third-order valence-corrected chi connectivity index (χ3v) is 4.18. The first kappa shape index (κ1) is 22.1. The van der Waals surface area contributed by atoms with Crippen molar-refractivity contribution < 1.29 is 23.5 Å². The largest absolute Gasteiger partial charge is 0.454 e. The zero-order chi connectivity index (χ0) is 21.2. The van der Waals surface area contributed by atoms with E-state index in [1.54, 1.807) is 4.90 Å². The molecule has 2 rings (SSSR count). The number of amides is 2. The van der Waals surface area contributed by atoms with E-state index >= 15 is 0 Å². The van der Waals surface area contributed by atoms with Crippen LogP contribution in [0.15, 0.2) is 48.5 Å². The fourth-order valence-corrected chi connectivity index (χ4v) is 2.64. The molecule has 0 aromatic heterocycles. The van der Waals surface area contributed by atoms with Crippen molar-refractivity contribution in [2.24, 2.45) is 0 Å². The van der Waals surface area contributed by atoms with Gasteiger partial charge in [-0.1, -0.05) is 42.8 Å². The summed E-state index contributed by atoms with van der Waals surface area (Å²) in [6, 6.07) is 13.0. The Morgan fingerprint density at radius 2 is 1.83 bits per heavy atom. The van der Waals surface area contributed by atoms with Gasteiger partial charge in [0.15, 0.2) is 6.61 Å². The van der Waals surface area contributed by atoms with Crippen molar-refractivity contribution in [2.75, 3.05) is 19.7 Å². The Balaban J connectivity index is 1.81. The number of nitrogens with one attached hydrogen (secondary N) is 1. The molecule has 2 aromatic carbocycles. The Kier molecular flexibility index (Phi) is 8.33. The number of halogens is 1. The van der Waals surface area contributed by atoms with Crippen LogP contribution in [0.4, 0.5) is 4.39 Å². The summed E-state index contributed by atoms with van der Waals surface area (Å²) in [4.78, 5) is 37.8. The number of ether oxygens (including phenoxy) is 1. The Bertz CT molecular complexity index is 852. The summed E-state index contributed by atoms with van der Waals surface area (Å²) in [5.41, 5.74) is 2.23. The highest BCUT2D eigenvalue weighted by atomic mass is 19.1. The molecule has 0 aliphatic rings. The Hall–Kier alpha value is -3.22. The van der Waals surface area contributed by atoms with Crippen LogP contribution in [0.25, 0.3) is 0 Å². The van der Waals surface area contributed by atoms with Gasteiger partial charge < -0.3 is 15.0 Å². The van der Waals surface area contributed by atoms with Crippen LogP contribution >= 0.6 is 0 Å². The second-order valence-electron chi connectivity index (χ2n) is 6.65. The maximum Gasteiger partial charge on any atom is 0.325 e. The zero-order valence-electron chi connectivity index (χ0n) is 16.6. The summed E-state index contributed by atoms with van der Waals surface area (Å²) < 4.78 is 18.1. The van der Waals surface area contributed by atoms with E-state index in [9.17, 15) is 18.8 Å². The quantitative estimate of drug-likeness (QED) is 0.657. The molecule has 0 atom stereocenters.